The molecule has 2 aromatic rings. The predicted octanol–water partition coefficient (Wildman–Crippen LogP) is 3.08. The first-order chi connectivity index (χ1) is 10.7. The maximum Gasteiger partial charge on any atom is 0.318 e. The van der Waals surface area contributed by atoms with Crippen molar-refractivity contribution in [3.63, 3.8) is 0 Å². The summed E-state index contributed by atoms with van der Waals surface area (Å²) in [6.07, 6.45) is 0. The number of aliphatic hydroxyl groups is 1. The highest BCUT2D eigenvalue weighted by molar-refractivity contribution is 6.31. The van der Waals surface area contributed by atoms with Crippen LogP contribution < -0.4 is 5.32 Å². The second-order valence-corrected chi connectivity index (χ2v) is 6.72. The molecule has 0 saturated carbocycles. The lowest BCUT2D eigenvalue weighted by Gasteiger charge is -2.29. The number of likely N-dealkylation sites (N-methyl/N-ethyl adjacent to an activating group) is 1. The molecule has 2 amide bonds. The monoisotopic (exact) mass is 338 g/mol. The van der Waals surface area contributed by atoms with Crippen molar-refractivity contribution in [2.45, 2.75) is 39.3 Å². The van der Waals surface area contributed by atoms with Crippen LogP contribution in [0.25, 0.3) is 11.0 Å². The zero-order valence-electron chi connectivity index (χ0n) is 13.9. The highest BCUT2D eigenvalue weighted by atomic mass is 35.5. The predicted molar refractivity (Wildman–Crippen MR) is 91.6 cm³/mol. The van der Waals surface area contributed by atoms with Crippen LogP contribution in [0.15, 0.2) is 18.2 Å². The van der Waals surface area contributed by atoms with E-state index in [1.807, 2.05) is 19.9 Å². The molecule has 1 aromatic heterocycles. The van der Waals surface area contributed by atoms with Crippen molar-refractivity contribution in [2.24, 2.45) is 0 Å². The fraction of sp³-hybridized carbons (Fsp3) is 0.500. The van der Waals surface area contributed by atoms with Crippen LogP contribution in [0, 0.1) is 0 Å². The Kier molecular flexibility index (Phi) is 5.16. The smallest absolute Gasteiger partial charge is 0.318 e. The van der Waals surface area contributed by atoms with E-state index in [1.54, 1.807) is 30.9 Å². The quantitative estimate of drug-likeness (QED) is 0.783. The molecule has 0 fully saturated rings. The van der Waals surface area contributed by atoms with E-state index in [9.17, 15) is 9.90 Å². The lowest BCUT2D eigenvalue weighted by molar-refractivity contribution is 0.0476. The summed E-state index contributed by atoms with van der Waals surface area (Å²) in [7, 11) is 0. The molecule has 0 radical (unpaired) electrons. The van der Waals surface area contributed by atoms with E-state index < -0.39 is 5.60 Å². The molecule has 2 rings (SSSR count). The number of nitrogens with zero attached hydrogens (tertiary/aromatic N) is 2. The number of urea groups is 1. The third kappa shape index (κ3) is 4.59. The zero-order valence-corrected chi connectivity index (χ0v) is 14.6. The number of hydrogen-bond acceptors (Lipinski definition) is 3. The first-order valence-corrected chi connectivity index (χ1v) is 8.00. The van der Waals surface area contributed by atoms with Gasteiger partial charge in [0.25, 0.3) is 0 Å². The van der Waals surface area contributed by atoms with Crippen molar-refractivity contribution >= 4 is 28.7 Å². The molecule has 3 N–H and O–H groups in total. The van der Waals surface area contributed by atoms with Gasteiger partial charge >= 0.3 is 6.03 Å². The summed E-state index contributed by atoms with van der Waals surface area (Å²) in [5.41, 5.74) is 0.693. The lowest BCUT2D eigenvalue weighted by atomic mass is 10.1. The van der Waals surface area contributed by atoms with Crippen molar-refractivity contribution in [1.29, 1.82) is 0 Å². The number of amides is 2. The van der Waals surface area contributed by atoms with E-state index >= 15 is 0 Å². The van der Waals surface area contributed by atoms with Crippen molar-refractivity contribution in [2.75, 3.05) is 13.1 Å². The molecular weight excluding hydrogens is 316 g/mol. The van der Waals surface area contributed by atoms with E-state index in [0.29, 0.717) is 17.4 Å². The number of hydrogen-bond donors (Lipinski definition) is 3. The Morgan fingerprint density at radius 3 is 2.83 bits per heavy atom. The first kappa shape index (κ1) is 17.6. The van der Waals surface area contributed by atoms with Crippen LogP contribution in [0.3, 0.4) is 0 Å². The maximum atomic E-state index is 12.3. The van der Waals surface area contributed by atoms with Gasteiger partial charge in [0.1, 0.15) is 5.82 Å². The molecule has 1 heterocycles. The molecule has 23 heavy (non-hydrogen) atoms. The van der Waals surface area contributed by atoms with Crippen LogP contribution in [0.5, 0.6) is 0 Å². The minimum Gasteiger partial charge on any atom is -0.389 e. The Labute approximate surface area is 140 Å². The van der Waals surface area contributed by atoms with E-state index in [-0.39, 0.29) is 18.6 Å². The highest BCUT2D eigenvalue weighted by Crippen LogP contribution is 2.20. The maximum absolute atomic E-state index is 12.3. The molecule has 0 saturated heterocycles. The SMILES string of the molecule is CCN(CC(C)(C)O)C(=O)NC(C)c1nc2ccc(Cl)cc2[nH]1. The van der Waals surface area contributed by atoms with E-state index in [4.69, 9.17) is 11.6 Å². The van der Waals surface area contributed by atoms with Crippen LogP contribution in [0.2, 0.25) is 5.02 Å². The summed E-state index contributed by atoms with van der Waals surface area (Å²) in [5.74, 6) is 0.662. The second-order valence-electron chi connectivity index (χ2n) is 6.28. The van der Waals surface area contributed by atoms with E-state index in [0.717, 1.165) is 11.0 Å². The van der Waals surface area contributed by atoms with Crippen LogP contribution >= 0.6 is 11.6 Å². The summed E-state index contributed by atoms with van der Waals surface area (Å²) in [6, 6.07) is 4.89. The van der Waals surface area contributed by atoms with E-state index in [1.165, 1.54) is 0 Å². The molecule has 126 valence electrons. The van der Waals surface area contributed by atoms with Crippen LogP contribution in [0.1, 0.15) is 39.6 Å². The summed E-state index contributed by atoms with van der Waals surface area (Å²) < 4.78 is 0. The number of carbonyl (C=O) groups excluding carboxylic acids is 1. The zero-order chi connectivity index (χ0) is 17.2. The minimum atomic E-state index is -0.938. The Morgan fingerprint density at radius 2 is 2.22 bits per heavy atom. The topological polar surface area (TPSA) is 81.2 Å². The molecule has 0 aliphatic heterocycles. The summed E-state index contributed by atoms with van der Waals surface area (Å²) >= 11 is 5.97. The normalized spacial score (nSPS) is 13.1. The summed E-state index contributed by atoms with van der Waals surface area (Å²) in [4.78, 5) is 21.5. The largest absolute Gasteiger partial charge is 0.389 e. The number of benzene rings is 1. The van der Waals surface area contributed by atoms with Gasteiger partial charge in [-0.2, -0.15) is 0 Å². The van der Waals surface area contributed by atoms with Crippen molar-refractivity contribution < 1.29 is 9.90 Å². The third-order valence-corrected chi connectivity index (χ3v) is 3.69. The van der Waals surface area contributed by atoms with Gasteiger partial charge < -0.3 is 20.3 Å². The second kappa shape index (κ2) is 6.76. The number of halogens is 1. The average Bonchev–Trinajstić information content (AvgIpc) is 2.86. The summed E-state index contributed by atoms with van der Waals surface area (Å²) in [6.45, 7) is 7.86. The highest BCUT2D eigenvalue weighted by Gasteiger charge is 2.23. The van der Waals surface area contributed by atoms with Gasteiger partial charge in [-0.3, -0.25) is 0 Å². The first-order valence-electron chi connectivity index (χ1n) is 7.62. The molecule has 0 aliphatic carbocycles. The number of H-pyrrole nitrogens is 1. The van der Waals surface area contributed by atoms with Crippen LogP contribution in [0.4, 0.5) is 4.79 Å². The standard InChI is InChI=1S/C16H23ClN4O2/c1-5-21(9-16(3,4)23)15(22)18-10(2)14-19-12-7-6-11(17)8-13(12)20-14/h6-8,10,23H,5,9H2,1-4H3,(H,18,22)(H,19,20). The Balaban J connectivity index is 2.09. The number of rotatable bonds is 5. The number of imidazole rings is 1. The number of fused-ring (bicyclic) bond motifs is 1. The van der Waals surface area contributed by atoms with Gasteiger partial charge in [-0.25, -0.2) is 9.78 Å². The molecule has 0 bridgehead atoms. The number of aromatic amines is 1. The molecule has 1 unspecified atom stereocenters. The van der Waals surface area contributed by atoms with Gasteiger partial charge in [0.05, 0.1) is 29.2 Å². The van der Waals surface area contributed by atoms with Gasteiger partial charge in [-0.15, -0.1) is 0 Å². The third-order valence-electron chi connectivity index (χ3n) is 3.46. The summed E-state index contributed by atoms with van der Waals surface area (Å²) in [5, 5.41) is 13.4. The van der Waals surface area contributed by atoms with E-state index in [2.05, 4.69) is 15.3 Å². The Bertz CT molecular complexity index is 693. The van der Waals surface area contributed by atoms with Crippen molar-refractivity contribution in [3.8, 4) is 0 Å². The Morgan fingerprint density at radius 1 is 1.52 bits per heavy atom. The molecule has 1 atom stereocenters. The lowest BCUT2D eigenvalue weighted by Crippen LogP contribution is -2.47. The average molecular weight is 339 g/mol. The number of nitrogens with one attached hydrogen (secondary N) is 2. The van der Waals surface area contributed by atoms with Gasteiger partial charge in [-0.1, -0.05) is 11.6 Å². The number of carbonyl (C=O) groups is 1. The fourth-order valence-electron chi connectivity index (χ4n) is 2.35. The van der Waals surface area contributed by atoms with Gasteiger partial charge in [0.15, 0.2) is 0 Å². The Hall–Kier alpha value is -1.79. The molecule has 0 aliphatic rings. The minimum absolute atomic E-state index is 0.236. The molecular formula is C16H23ClN4O2. The van der Waals surface area contributed by atoms with Gasteiger partial charge in [0, 0.05) is 11.6 Å². The molecule has 7 heteroatoms. The van der Waals surface area contributed by atoms with Gasteiger partial charge in [-0.05, 0) is 45.9 Å². The van der Waals surface area contributed by atoms with Gasteiger partial charge in [0.2, 0.25) is 0 Å². The fourth-order valence-corrected chi connectivity index (χ4v) is 2.52. The molecule has 1 aromatic carbocycles. The van der Waals surface area contributed by atoms with Crippen molar-refractivity contribution in [3.05, 3.63) is 29.0 Å². The van der Waals surface area contributed by atoms with Crippen LogP contribution in [-0.4, -0.2) is 44.7 Å². The van der Waals surface area contributed by atoms with Crippen molar-refractivity contribution in [1.82, 2.24) is 20.2 Å². The number of aromatic nitrogens is 2. The molecule has 6 nitrogen and oxygen atoms in total. The molecule has 0 spiro atoms. The van der Waals surface area contributed by atoms with Crippen LogP contribution in [-0.2, 0) is 0 Å².